The van der Waals surface area contributed by atoms with Crippen LogP contribution in [0.15, 0.2) is 59.8 Å². The molecule has 0 unspecified atom stereocenters. The molecule has 0 radical (unpaired) electrons. The second-order valence-corrected chi connectivity index (χ2v) is 3.78. The topological polar surface area (TPSA) is 26.0 Å². The van der Waals surface area contributed by atoms with Gasteiger partial charge in [-0.2, -0.15) is 0 Å². The van der Waals surface area contributed by atoms with Gasteiger partial charge in [-0.25, -0.2) is 0 Å². The number of allylic oxidation sites excluding steroid dienone is 5. The molecule has 0 spiro atoms. The van der Waals surface area contributed by atoms with E-state index in [4.69, 9.17) is 5.73 Å². The van der Waals surface area contributed by atoms with Crippen molar-refractivity contribution >= 4 is 5.57 Å². The first-order chi connectivity index (χ1) is 7.66. The average molecular weight is 213 g/mol. The Kier molecular flexibility index (Phi) is 4.59. The van der Waals surface area contributed by atoms with Gasteiger partial charge in [-0.3, -0.25) is 0 Å². The largest absolute Gasteiger partial charge is 0.398 e. The Hall–Kier alpha value is -1.76. The fourth-order valence-electron chi connectivity index (χ4n) is 1.47. The Labute approximate surface area is 98.0 Å². The van der Waals surface area contributed by atoms with Gasteiger partial charge in [0.2, 0.25) is 0 Å². The van der Waals surface area contributed by atoms with Crippen LogP contribution in [0.3, 0.4) is 0 Å². The molecule has 0 aliphatic heterocycles. The van der Waals surface area contributed by atoms with E-state index >= 15 is 0 Å². The molecule has 0 aliphatic carbocycles. The van der Waals surface area contributed by atoms with Gasteiger partial charge in [0.05, 0.1) is 0 Å². The summed E-state index contributed by atoms with van der Waals surface area (Å²) in [5.41, 5.74) is 10.4. The van der Waals surface area contributed by atoms with Gasteiger partial charge < -0.3 is 5.73 Å². The zero-order valence-corrected chi connectivity index (χ0v) is 10.2. The molecule has 0 amide bonds. The molecule has 2 N–H and O–H groups in total. The molecule has 0 saturated heterocycles. The summed E-state index contributed by atoms with van der Waals surface area (Å²) in [7, 11) is 0. The monoisotopic (exact) mass is 213 g/mol. The maximum absolute atomic E-state index is 6.11. The molecule has 1 nitrogen and oxygen atoms in total. The lowest BCUT2D eigenvalue weighted by Crippen LogP contribution is -2.02. The van der Waals surface area contributed by atoms with E-state index in [2.05, 4.69) is 19.1 Å². The molecule has 0 aromatic heterocycles. The van der Waals surface area contributed by atoms with Crippen molar-refractivity contribution in [1.82, 2.24) is 0 Å². The average Bonchev–Trinajstić information content (AvgIpc) is 2.35. The Morgan fingerprint density at radius 3 is 2.31 bits per heavy atom. The van der Waals surface area contributed by atoms with Crippen molar-refractivity contribution in [2.75, 3.05) is 0 Å². The van der Waals surface area contributed by atoms with E-state index in [1.807, 2.05) is 50.3 Å². The Bertz CT molecular complexity index is 422. The lowest BCUT2D eigenvalue weighted by molar-refractivity contribution is 1.28. The minimum Gasteiger partial charge on any atom is -0.398 e. The van der Waals surface area contributed by atoms with E-state index in [1.54, 1.807) is 0 Å². The molecule has 0 atom stereocenters. The van der Waals surface area contributed by atoms with Gasteiger partial charge in [0.1, 0.15) is 0 Å². The van der Waals surface area contributed by atoms with Crippen LogP contribution in [-0.4, -0.2) is 0 Å². The normalized spacial score (nSPS) is 14.1. The minimum atomic E-state index is 0.851. The number of rotatable bonds is 3. The second-order valence-electron chi connectivity index (χ2n) is 3.78. The Morgan fingerprint density at radius 2 is 1.75 bits per heavy atom. The van der Waals surface area contributed by atoms with E-state index in [0.717, 1.165) is 16.8 Å². The summed E-state index contributed by atoms with van der Waals surface area (Å²) in [4.78, 5) is 0. The van der Waals surface area contributed by atoms with Crippen molar-refractivity contribution in [3.63, 3.8) is 0 Å². The van der Waals surface area contributed by atoms with Gasteiger partial charge in [0, 0.05) is 5.70 Å². The summed E-state index contributed by atoms with van der Waals surface area (Å²) in [6.07, 6.45) is 6.02. The van der Waals surface area contributed by atoms with Crippen LogP contribution in [0.25, 0.3) is 5.57 Å². The Balaban J connectivity index is 3.06. The van der Waals surface area contributed by atoms with E-state index in [1.165, 1.54) is 5.56 Å². The zero-order valence-electron chi connectivity index (χ0n) is 10.2. The van der Waals surface area contributed by atoms with E-state index in [-0.39, 0.29) is 0 Å². The summed E-state index contributed by atoms with van der Waals surface area (Å²) in [6.45, 7) is 6.08. The molecule has 1 heteroatoms. The number of hydrogen-bond donors (Lipinski definition) is 1. The molecule has 0 saturated carbocycles. The molecule has 0 bridgehead atoms. The van der Waals surface area contributed by atoms with Gasteiger partial charge >= 0.3 is 0 Å². The van der Waals surface area contributed by atoms with Crippen LogP contribution < -0.4 is 5.73 Å². The van der Waals surface area contributed by atoms with E-state index < -0.39 is 0 Å². The smallest absolute Gasteiger partial charge is 0.0379 e. The highest BCUT2D eigenvalue weighted by atomic mass is 14.6. The third-order valence-corrected chi connectivity index (χ3v) is 2.57. The van der Waals surface area contributed by atoms with Crippen LogP contribution >= 0.6 is 0 Å². The highest BCUT2D eigenvalue weighted by Crippen LogP contribution is 2.19. The molecule has 16 heavy (non-hydrogen) atoms. The first-order valence-electron chi connectivity index (χ1n) is 5.48. The molecule has 1 rings (SSSR count). The first kappa shape index (κ1) is 12.3. The summed E-state index contributed by atoms with van der Waals surface area (Å²) in [6, 6.07) is 10.2. The SMILES string of the molecule is C\C=C/C=C(C)/C(N)=C(/C)c1ccccc1. The van der Waals surface area contributed by atoms with Crippen LogP contribution in [0.2, 0.25) is 0 Å². The quantitative estimate of drug-likeness (QED) is 0.757. The van der Waals surface area contributed by atoms with Crippen molar-refractivity contribution in [1.29, 1.82) is 0 Å². The van der Waals surface area contributed by atoms with Gasteiger partial charge in [-0.1, -0.05) is 48.6 Å². The van der Waals surface area contributed by atoms with Crippen LogP contribution in [0.5, 0.6) is 0 Å². The van der Waals surface area contributed by atoms with Crippen LogP contribution in [-0.2, 0) is 0 Å². The molecule has 84 valence electrons. The molecular formula is C15H19N. The van der Waals surface area contributed by atoms with Gasteiger partial charge in [-0.05, 0) is 37.5 Å². The Morgan fingerprint density at radius 1 is 1.12 bits per heavy atom. The second kappa shape index (κ2) is 5.96. The summed E-state index contributed by atoms with van der Waals surface area (Å²) in [5, 5.41) is 0. The summed E-state index contributed by atoms with van der Waals surface area (Å²) < 4.78 is 0. The van der Waals surface area contributed by atoms with Crippen LogP contribution in [0.4, 0.5) is 0 Å². The number of benzene rings is 1. The highest BCUT2D eigenvalue weighted by molar-refractivity contribution is 5.69. The van der Waals surface area contributed by atoms with Crippen LogP contribution in [0, 0.1) is 0 Å². The van der Waals surface area contributed by atoms with Crippen LogP contribution in [0.1, 0.15) is 26.3 Å². The minimum absolute atomic E-state index is 0.851. The fraction of sp³-hybridized carbons (Fsp3) is 0.200. The number of hydrogen-bond acceptors (Lipinski definition) is 1. The first-order valence-corrected chi connectivity index (χ1v) is 5.48. The zero-order chi connectivity index (χ0) is 12.0. The lowest BCUT2D eigenvalue weighted by atomic mass is 10.0. The maximum Gasteiger partial charge on any atom is 0.0379 e. The molecule has 0 heterocycles. The fourth-order valence-corrected chi connectivity index (χ4v) is 1.47. The predicted octanol–water partition coefficient (Wildman–Crippen LogP) is 3.90. The maximum atomic E-state index is 6.11. The highest BCUT2D eigenvalue weighted by Gasteiger charge is 2.01. The lowest BCUT2D eigenvalue weighted by Gasteiger charge is -2.08. The van der Waals surface area contributed by atoms with Crippen molar-refractivity contribution < 1.29 is 0 Å². The van der Waals surface area contributed by atoms with Crippen molar-refractivity contribution in [2.45, 2.75) is 20.8 Å². The molecular weight excluding hydrogens is 194 g/mol. The summed E-state index contributed by atoms with van der Waals surface area (Å²) >= 11 is 0. The predicted molar refractivity (Wildman–Crippen MR) is 71.8 cm³/mol. The van der Waals surface area contributed by atoms with Gasteiger partial charge in [0.15, 0.2) is 0 Å². The standard InChI is InChI=1S/C15H19N/c1-4-5-9-12(2)15(16)13(3)14-10-7-6-8-11-14/h4-11H,16H2,1-3H3/b5-4-,12-9+,15-13+. The van der Waals surface area contributed by atoms with E-state index in [9.17, 15) is 0 Å². The molecule has 0 aliphatic rings. The van der Waals surface area contributed by atoms with Gasteiger partial charge in [-0.15, -0.1) is 0 Å². The third-order valence-electron chi connectivity index (χ3n) is 2.57. The van der Waals surface area contributed by atoms with Crippen molar-refractivity contribution in [3.8, 4) is 0 Å². The molecule has 0 fully saturated rings. The van der Waals surface area contributed by atoms with Crippen molar-refractivity contribution in [3.05, 3.63) is 65.4 Å². The van der Waals surface area contributed by atoms with Gasteiger partial charge in [0.25, 0.3) is 0 Å². The summed E-state index contributed by atoms with van der Waals surface area (Å²) in [5.74, 6) is 0. The number of nitrogens with two attached hydrogens (primary N) is 1. The van der Waals surface area contributed by atoms with E-state index in [0.29, 0.717) is 0 Å². The third kappa shape index (κ3) is 3.13. The van der Waals surface area contributed by atoms with Crippen molar-refractivity contribution in [2.24, 2.45) is 5.73 Å². The molecule has 1 aromatic carbocycles. The molecule has 1 aromatic rings.